The molecule has 0 aromatic heterocycles. The highest BCUT2D eigenvalue weighted by atomic mass is 32.2. The number of hydrogen-bond donors (Lipinski definition) is 0. The molecule has 3 rings (SSSR count). The Morgan fingerprint density at radius 3 is 2.36 bits per heavy atom. The van der Waals surface area contributed by atoms with Crippen LogP contribution in [-0.2, 0) is 11.2 Å². The summed E-state index contributed by atoms with van der Waals surface area (Å²) in [5.74, 6) is 0.296. The highest BCUT2D eigenvalue weighted by molar-refractivity contribution is 7.99. The first-order valence-corrected chi connectivity index (χ1v) is 9.14. The van der Waals surface area contributed by atoms with E-state index < -0.39 is 0 Å². The molecule has 1 amide bonds. The maximum atomic E-state index is 12.7. The molecular weight excluding hydrogens is 290 g/mol. The van der Waals surface area contributed by atoms with Crippen molar-refractivity contribution in [1.29, 1.82) is 0 Å². The van der Waals surface area contributed by atoms with Gasteiger partial charge in [-0.15, -0.1) is 11.8 Å². The van der Waals surface area contributed by atoms with Crippen molar-refractivity contribution in [1.82, 2.24) is 4.90 Å². The Hall–Kier alpha value is -1.22. The maximum absolute atomic E-state index is 12.7. The molecule has 0 N–H and O–H groups in total. The minimum absolute atomic E-state index is 0.296. The zero-order chi connectivity index (χ0) is 15.7. The lowest BCUT2D eigenvalue weighted by Gasteiger charge is -2.36. The highest BCUT2D eigenvalue weighted by Crippen LogP contribution is 2.38. The summed E-state index contributed by atoms with van der Waals surface area (Å²) < 4.78 is 0. The Kier molecular flexibility index (Phi) is 4.62. The van der Waals surface area contributed by atoms with E-state index in [2.05, 4.69) is 49.6 Å². The number of carbonyl (C=O) groups is 1. The molecule has 2 bridgehead atoms. The lowest BCUT2D eigenvalue weighted by molar-refractivity contribution is -0.134. The molecule has 22 heavy (non-hydrogen) atoms. The third kappa shape index (κ3) is 3.40. The van der Waals surface area contributed by atoms with Gasteiger partial charge >= 0.3 is 0 Å². The summed E-state index contributed by atoms with van der Waals surface area (Å²) in [4.78, 5) is 16.1. The summed E-state index contributed by atoms with van der Waals surface area (Å²) in [7, 11) is 0. The van der Waals surface area contributed by atoms with Gasteiger partial charge in [0.15, 0.2) is 0 Å². The van der Waals surface area contributed by atoms with Gasteiger partial charge in [-0.2, -0.15) is 0 Å². The Morgan fingerprint density at radius 1 is 1.23 bits per heavy atom. The monoisotopic (exact) mass is 315 g/mol. The average molecular weight is 315 g/mol. The Labute approximate surface area is 138 Å². The van der Waals surface area contributed by atoms with Gasteiger partial charge in [0.05, 0.1) is 6.42 Å². The van der Waals surface area contributed by atoms with Gasteiger partial charge in [-0.25, -0.2) is 0 Å². The summed E-state index contributed by atoms with van der Waals surface area (Å²) in [5.41, 5.74) is 2.45. The number of fused-ring (bicyclic) bond motifs is 2. The molecule has 2 fully saturated rings. The van der Waals surface area contributed by atoms with Crippen LogP contribution in [0, 0.1) is 0 Å². The van der Waals surface area contributed by atoms with Crippen LogP contribution >= 0.6 is 11.8 Å². The third-order valence-electron chi connectivity index (χ3n) is 4.61. The first-order valence-electron chi connectivity index (χ1n) is 8.26. The standard InChI is InChI=1S/C19H25NOS/c1-13(2)22-18-8-4-15(5-9-18)12-19(21)20-16-6-7-17(20)11-14(3)10-16/h4-5,8-9,13,16-17H,3,6-7,10-12H2,1-2H3. The predicted molar refractivity (Wildman–Crippen MR) is 93.2 cm³/mol. The summed E-state index contributed by atoms with van der Waals surface area (Å²) in [5, 5.41) is 0.588. The molecule has 118 valence electrons. The van der Waals surface area contributed by atoms with Gasteiger partial charge in [0.1, 0.15) is 0 Å². The zero-order valence-corrected chi connectivity index (χ0v) is 14.4. The van der Waals surface area contributed by atoms with E-state index in [0.717, 1.165) is 31.2 Å². The zero-order valence-electron chi connectivity index (χ0n) is 13.5. The number of carbonyl (C=O) groups excluding carboxylic acids is 1. The second-order valence-corrected chi connectivity index (χ2v) is 8.48. The van der Waals surface area contributed by atoms with Crippen LogP contribution in [0.25, 0.3) is 0 Å². The molecule has 2 unspecified atom stereocenters. The fourth-order valence-electron chi connectivity index (χ4n) is 3.74. The van der Waals surface area contributed by atoms with Crippen LogP contribution in [0.15, 0.2) is 41.3 Å². The summed E-state index contributed by atoms with van der Waals surface area (Å²) >= 11 is 1.86. The molecule has 0 aliphatic carbocycles. The third-order valence-corrected chi connectivity index (χ3v) is 5.62. The van der Waals surface area contributed by atoms with Gasteiger partial charge < -0.3 is 4.90 Å². The summed E-state index contributed by atoms with van der Waals surface area (Å²) in [6, 6.07) is 9.31. The van der Waals surface area contributed by atoms with E-state index in [0.29, 0.717) is 29.7 Å². The van der Waals surface area contributed by atoms with Crippen LogP contribution in [0.1, 0.15) is 45.1 Å². The number of nitrogens with zero attached hydrogens (tertiary/aromatic N) is 1. The van der Waals surface area contributed by atoms with Crippen molar-refractivity contribution in [2.24, 2.45) is 0 Å². The van der Waals surface area contributed by atoms with E-state index >= 15 is 0 Å². The lowest BCUT2D eigenvalue weighted by Crippen LogP contribution is -2.45. The first-order chi connectivity index (χ1) is 10.5. The van der Waals surface area contributed by atoms with Crippen LogP contribution in [0.2, 0.25) is 0 Å². The molecule has 1 aromatic rings. The van der Waals surface area contributed by atoms with Crippen LogP contribution in [0.3, 0.4) is 0 Å². The van der Waals surface area contributed by atoms with Crippen molar-refractivity contribution in [3.05, 3.63) is 42.0 Å². The van der Waals surface area contributed by atoms with E-state index in [1.165, 1.54) is 10.5 Å². The number of benzene rings is 1. The van der Waals surface area contributed by atoms with Crippen LogP contribution in [0.5, 0.6) is 0 Å². The summed E-state index contributed by atoms with van der Waals surface area (Å²) in [6.45, 7) is 8.52. The van der Waals surface area contributed by atoms with Gasteiger partial charge in [-0.05, 0) is 43.4 Å². The molecule has 0 spiro atoms. The molecular formula is C19H25NOS. The predicted octanol–water partition coefficient (Wildman–Crippen LogP) is 4.44. The Morgan fingerprint density at radius 2 is 1.82 bits per heavy atom. The minimum atomic E-state index is 0.296. The first kappa shape index (κ1) is 15.7. The molecule has 2 heterocycles. The number of thioether (sulfide) groups is 1. The molecule has 2 aliphatic rings. The van der Waals surface area contributed by atoms with Crippen molar-refractivity contribution in [2.75, 3.05) is 0 Å². The van der Waals surface area contributed by atoms with Crippen molar-refractivity contribution >= 4 is 17.7 Å². The molecule has 2 aliphatic heterocycles. The van der Waals surface area contributed by atoms with E-state index in [4.69, 9.17) is 0 Å². The van der Waals surface area contributed by atoms with Gasteiger partial charge in [0, 0.05) is 22.2 Å². The van der Waals surface area contributed by atoms with Crippen LogP contribution in [0.4, 0.5) is 0 Å². The Balaban J connectivity index is 1.63. The van der Waals surface area contributed by atoms with Gasteiger partial charge in [-0.1, -0.05) is 38.1 Å². The second-order valence-electron chi connectivity index (χ2n) is 6.83. The van der Waals surface area contributed by atoms with Crippen molar-refractivity contribution in [2.45, 2.75) is 68.2 Å². The molecule has 0 radical (unpaired) electrons. The van der Waals surface area contributed by atoms with Crippen LogP contribution < -0.4 is 0 Å². The van der Waals surface area contributed by atoms with Crippen LogP contribution in [-0.4, -0.2) is 28.1 Å². The number of rotatable bonds is 4. The molecule has 1 aromatic carbocycles. The van der Waals surface area contributed by atoms with E-state index in [-0.39, 0.29) is 0 Å². The van der Waals surface area contributed by atoms with E-state index in [1.807, 2.05) is 11.8 Å². The quantitative estimate of drug-likeness (QED) is 0.605. The number of amides is 1. The highest BCUT2D eigenvalue weighted by Gasteiger charge is 2.40. The molecule has 2 atom stereocenters. The smallest absolute Gasteiger partial charge is 0.227 e. The van der Waals surface area contributed by atoms with Gasteiger partial charge in [0.25, 0.3) is 0 Å². The minimum Gasteiger partial charge on any atom is -0.336 e. The lowest BCUT2D eigenvalue weighted by atomic mass is 9.97. The Bertz CT molecular complexity index is 547. The van der Waals surface area contributed by atoms with Crippen molar-refractivity contribution in [3.8, 4) is 0 Å². The van der Waals surface area contributed by atoms with Crippen molar-refractivity contribution < 1.29 is 4.79 Å². The maximum Gasteiger partial charge on any atom is 0.227 e. The fraction of sp³-hybridized carbons (Fsp3) is 0.526. The molecule has 0 saturated carbocycles. The SMILES string of the molecule is C=C1CC2CCC(C1)N2C(=O)Cc1ccc(SC(C)C)cc1. The molecule has 2 saturated heterocycles. The topological polar surface area (TPSA) is 20.3 Å². The fourth-order valence-corrected chi connectivity index (χ4v) is 4.58. The van der Waals surface area contributed by atoms with Gasteiger partial charge in [-0.3, -0.25) is 4.79 Å². The largest absolute Gasteiger partial charge is 0.336 e. The van der Waals surface area contributed by atoms with Gasteiger partial charge in [0.2, 0.25) is 5.91 Å². The average Bonchev–Trinajstić information content (AvgIpc) is 2.73. The molecule has 2 nitrogen and oxygen atoms in total. The van der Waals surface area contributed by atoms with E-state index in [1.54, 1.807) is 0 Å². The number of hydrogen-bond acceptors (Lipinski definition) is 2. The number of piperidine rings is 1. The van der Waals surface area contributed by atoms with E-state index in [9.17, 15) is 4.79 Å². The molecule has 3 heteroatoms. The summed E-state index contributed by atoms with van der Waals surface area (Å²) in [6.07, 6.45) is 4.85. The van der Waals surface area contributed by atoms with Crippen molar-refractivity contribution in [3.63, 3.8) is 0 Å². The normalized spacial score (nSPS) is 24.1. The second kappa shape index (κ2) is 6.49.